The van der Waals surface area contributed by atoms with Gasteiger partial charge in [-0.2, -0.15) is 0 Å². The van der Waals surface area contributed by atoms with Crippen LogP contribution in [0.2, 0.25) is 6.82 Å². The molecule has 1 saturated heterocycles. The second-order valence-electron chi connectivity index (χ2n) is 2.69. The fraction of sp³-hybridized carbons (Fsp3) is 0.500. The van der Waals surface area contributed by atoms with Gasteiger partial charge in [-0.3, -0.25) is 0 Å². The molecule has 0 bridgehead atoms. The van der Waals surface area contributed by atoms with Gasteiger partial charge in [0.1, 0.15) is 0 Å². The molecule has 10 heavy (non-hydrogen) atoms. The van der Waals surface area contributed by atoms with Gasteiger partial charge in [0.05, 0.1) is 0 Å². The maximum absolute atomic E-state index is 3.74. The molecule has 6 heteroatoms. The SMILES string of the molecule is C=CB1NB(C)NBN1C. The van der Waals surface area contributed by atoms with Crippen LogP contribution in [0.1, 0.15) is 0 Å². The fourth-order valence-electron chi connectivity index (χ4n) is 1.07. The van der Waals surface area contributed by atoms with Crippen LogP contribution in [0.4, 0.5) is 0 Å². The molecule has 0 amide bonds. The summed E-state index contributed by atoms with van der Waals surface area (Å²) in [7, 11) is 2.98. The topological polar surface area (TPSA) is 27.3 Å². The molecule has 1 fully saturated rings. The van der Waals surface area contributed by atoms with Crippen molar-refractivity contribution in [3.05, 3.63) is 12.6 Å². The van der Waals surface area contributed by atoms with Crippen LogP contribution in [0.15, 0.2) is 12.6 Å². The average Bonchev–Trinajstić information content (AvgIpc) is 1.94. The molecule has 1 rings (SSSR count). The number of rotatable bonds is 1. The second-order valence-corrected chi connectivity index (χ2v) is 2.69. The van der Waals surface area contributed by atoms with Crippen LogP contribution in [0.25, 0.3) is 0 Å². The van der Waals surface area contributed by atoms with Crippen molar-refractivity contribution in [2.75, 3.05) is 7.05 Å². The Morgan fingerprint density at radius 3 is 2.90 bits per heavy atom. The van der Waals surface area contributed by atoms with E-state index in [2.05, 4.69) is 35.4 Å². The van der Waals surface area contributed by atoms with Crippen molar-refractivity contribution in [3.63, 3.8) is 0 Å². The molecule has 1 heterocycles. The van der Waals surface area contributed by atoms with Gasteiger partial charge in [-0.05, 0) is 7.05 Å². The first kappa shape index (κ1) is 7.92. The minimum Gasteiger partial charge on any atom is -0.374 e. The van der Waals surface area contributed by atoms with Gasteiger partial charge in [0.25, 0.3) is 14.5 Å². The lowest BCUT2D eigenvalue weighted by molar-refractivity contribution is 0.789. The van der Waals surface area contributed by atoms with Gasteiger partial charge < -0.3 is 15.0 Å². The Labute approximate surface area is 63.8 Å². The minimum absolute atomic E-state index is 0.316. The van der Waals surface area contributed by atoms with Crippen molar-refractivity contribution in [2.24, 2.45) is 0 Å². The number of hydrogen-bond acceptors (Lipinski definition) is 3. The molecule has 2 N–H and O–H groups in total. The molecule has 0 saturated carbocycles. The van der Waals surface area contributed by atoms with Crippen molar-refractivity contribution >= 4 is 21.5 Å². The van der Waals surface area contributed by atoms with Gasteiger partial charge in [0, 0.05) is 0 Å². The van der Waals surface area contributed by atoms with Gasteiger partial charge in [-0.25, -0.2) is 0 Å². The number of hydrogen-bond donors (Lipinski definition) is 2. The van der Waals surface area contributed by atoms with Gasteiger partial charge in [0.15, 0.2) is 0 Å². The monoisotopic (exact) mass is 135 g/mol. The minimum atomic E-state index is 0.316. The molecule has 0 spiro atoms. The first-order valence-electron chi connectivity index (χ1n) is 3.56. The number of nitrogens with zero attached hydrogens (tertiary/aromatic N) is 1. The first-order valence-corrected chi connectivity index (χ1v) is 3.56. The van der Waals surface area contributed by atoms with E-state index < -0.39 is 0 Å². The molecule has 0 unspecified atom stereocenters. The van der Waals surface area contributed by atoms with E-state index in [4.69, 9.17) is 0 Å². The van der Waals surface area contributed by atoms with Gasteiger partial charge in [0.2, 0.25) is 0 Å². The first-order chi connectivity index (χ1) is 4.74. The molecular weight excluding hydrogens is 123 g/mol. The molecule has 1 aliphatic heterocycles. The summed E-state index contributed by atoms with van der Waals surface area (Å²) in [4.78, 5) is 0. The maximum Gasteiger partial charge on any atom is 0.314 e. The molecule has 0 aliphatic carbocycles. The summed E-state index contributed by atoms with van der Waals surface area (Å²) in [6.07, 6.45) is 0. The van der Waals surface area contributed by atoms with Crippen LogP contribution in [0, 0.1) is 0 Å². The van der Waals surface area contributed by atoms with Crippen LogP contribution in [-0.2, 0) is 0 Å². The van der Waals surface area contributed by atoms with E-state index in [0.29, 0.717) is 14.0 Å². The summed E-state index contributed by atoms with van der Waals surface area (Å²) in [5, 5.41) is 6.58. The van der Waals surface area contributed by atoms with Crippen molar-refractivity contribution in [3.8, 4) is 0 Å². The summed E-state index contributed by atoms with van der Waals surface area (Å²) >= 11 is 0. The molecule has 52 valence electrons. The lowest BCUT2D eigenvalue weighted by Crippen LogP contribution is -2.68. The Morgan fingerprint density at radius 2 is 2.40 bits per heavy atom. The molecule has 3 nitrogen and oxygen atoms in total. The van der Waals surface area contributed by atoms with E-state index in [9.17, 15) is 0 Å². The Balaban J connectivity index is 2.45. The van der Waals surface area contributed by atoms with Crippen molar-refractivity contribution in [1.29, 1.82) is 0 Å². The number of nitrogens with one attached hydrogen (secondary N) is 2. The van der Waals surface area contributed by atoms with Gasteiger partial charge in [-0.15, -0.1) is 6.58 Å². The Bertz CT molecular complexity index is 131. The highest BCUT2D eigenvalue weighted by Crippen LogP contribution is 1.90. The van der Waals surface area contributed by atoms with Crippen LogP contribution < -0.4 is 10.3 Å². The third-order valence-corrected chi connectivity index (χ3v) is 1.77. The highest BCUT2D eigenvalue weighted by Gasteiger charge is 2.26. The molecule has 0 radical (unpaired) electrons. The molecule has 0 aromatic heterocycles. The summed E-state index contributed by atoms with van der Waals surface area (Å²) < 4.78 is 2.16. The van der Waals surface area contributed by atoms with Crippen molar-refractivity contribution in [2.45, 2.75) is 6.82 Å². The smallest absolute Gasteiger partial charge is 0.314 e. The molecule has 1 aliphatic rings. The Kier molecular flexibility index (Phi) is 2.60. The van der Waals surface area contributed by atoms with Crippen LogP contribution in [-0.4, -0.2) is 33.3 Å². The van der Waals surface area contributed by atoms with Crippen molar-refractivity contribution in [1.82, 2.24) is 15.0 Å². The molecule has 0 aromatic carbocycles. The predicted octanol–water partition coefficient (Wildman–Crippen LogP) is -1.29. The predicted molar refractivity (Wildman–Crippen MR) is 48.8 cm³/mol. The Hall–Kier alpha value is -0.185. The summed E-state index contributed by atoms with van der Waals surface area (Å²) in [6, 6.07) is 0. The standard InChI is InChI=1S/C4H12B3N3/c1-4-7-9-6(2)8-5-10(7)3/h4-5,8-9H,1H2,2-3H3. The van der Waals surface area contributed by atoms with E-state index in [1.807, 2.05) is 5.98 Å². The van der Waals surface area contributed by atoms with E-state index in [1.165, 1.54) is 0 Å². The average molecular weight is 135 g/mol. The van der Waals surface area contributed by atoms with Crippen LogP contribution >= 0.6 is 0 Å². The van der Waals surface area contributed by atoms with Crippen LogP contribution in [0.3, 0.4) is 0 Å². The van der Waals surface area contributed by atoms with E-state index in [-0.39, 0.29) is 0 Å². The fourth-order valence-corrected chi connectivity index (χ4v) is 1.07. The molecule has 0 aromatic rings. The summed E-state index contributed by atoms with van der Waals surface area (Å²) in [5.74, 6) is 1.91. The Morgan fingerprint density at radius 1 is 1.70 bits per heavy atom. The summed E-state index contributed by atoms with van der Waals surface area (Å²) in [5.41, 5.74) is 0. The molecular formula is C4H12B3N3. The van der Waals surface area contributed by atoms with E-state index in [0.717, 1.165) is 7.55 Å². The maximum atomic E-state index is 3.74. The largest absolute Gasteiger partial charge is 0.374 e. The zero-order valence-corrected chi connectivity index (χ0v) is 6.59. The van der Waals surface area contributed by atoms with Gasteiger partial charge >= 0.3 is 6.98 Å². The third kappa shape index (κ3) is 1.65. The summed E-state index contributed by atoms with van der Waals surface area (Å²) in [6.45, 7) is 6.54. The van der Waals surface area contributed by atoms with Crippen molar-refractivity contribution < 1.29 is 0 Å². The van der Waals surface area contributed by atoms with E-state index in [1.54, 1.807) is 0 Å². The zero-order chi connectivity index (χ0) is 7.56. The quantitative estimate of drug-likeness (QED) is 0.437. The normalized spacial score (nSPS) is 20.6. The third-order valence-electron chi connectivity index (χ3n) is 1.77. The van der Waals surface area contributed by atoms with Gasteiger partial charge in [-0.1, -0.05) is 12.8 Å². The highest BCUT2D eigenvalue weighted by molar-refractivity contribution is 6.82. The van der Waals surface area contributed by atoms with E-state index >= 15 is 0 Å². The molecule has 0 atom stereocenters. The van der Waals surface area contributed by atoms with Crippen LogP contribution in [0.5, 0.6) is 0 Å². The lowest BCUT2D eigenvalue weighted by atomic mass is 9.56. The zero-order valence-electron chi connectivity index (χ0n) is 6.59. The second kappa shape index (κ2) is 3.28. The lowest BCUT2D eigenvalue weighted by Gasteiger charge is -2.31. The highest BCUT2D eigenvalue weighted by atomic mass is 15.1.